The highest BCUT2D eigenvalue weighted by molar-refractivity contribution is 6.30. The lowest BCUT2D eigenvalue weighted by Gasteiger charge is -2.38. The minimum absolute atomic E-state index is 0.0350. The van der Waals surface area contributed by atoms with Crippen LogP contribution in [-0.2, 0) is 0 Å². The van der Waals surface area contributed by atoms with Crippen molar-refractivity contribution < 1.29 is 13.9 Å². The summed E-state index contributed by atoms with van der Waals surface area (Å²) in [6.45, 7) is 2.52. The van der Waals surface area contributed by atoms with Crippen LogP contribution in [-0.4, -0.2) is 17.3 Å². The number of ether oxygens (including phenoxy) is 2. The minimum Gasteiger partial charge on any atom is -0.493 e. The van der Waals surface area contributed by atoms with Gasteiger partial charge in [0.2, 0.25) is 6.23 Å². The molecule has 0 unspecified atom stereocenters. The average molecular weight is 423 g/mol. The number of fused-ring (bicyclic) bond motifs is 3. The quantitative estimate of drug-likeness (QED) is 0.508. The van der Waals surface area contributed by atoms with Gasteiger partial charge in [0.15, 0.2) is 0 Å². The Morgan fingerprint density at radius 1 is 1.10 bits per heavy atom. The zero-order valence-electron chi connectivity index (χ0n) is 16.4. The Balaban J connectivity index is 1.61. The number of benzene rings is 3. The molecule has 30 heavy (non-hydrogen) atoms. The number of para-hydroxylation sites is 1. The van der Waals surface area contributed by atoms with Crippen LogP contribution in [0.4, 0.5) is 4.39 Å². The third-order valence-electron chi connectivity index (χ3n) is 5.41. The van der Waals surface area contributed by atoms with Gasteiger partial charge >= 0.3 is 0 Å². The van der Waals surface area contributed by atoms with Gasteiger partial charge in [0.1, 0.15) is 17.3 Å². The van der Waals surface area contributed by atoms with Gasteiger partial charge in [-0.3, -0.25) is 0 Å². The second-order valence-corrected chi connectivity index (χ2v) is 7.71. The molecule has 0 spiro atoms. The van der Waals surface area contributed by atoms with Crippen LogP contribution in [0, 0.1) is 5.82 Å². The second kappa shape index (κ2) is 7.65. The topological polar surface area (TPSA) is 34.1 Å². The Hall–Kier alpha value is -3.05. The zero-order valence-corrected chi connectivity index (χ0v) is 17.1. The summed E-state index contributed by atoms with van der Waals surface area (Å²) < 4.78 is 25.7. The zero-order chi connectivity index (χ0) is 20.7. The molecule has 0 aliphatic carbocycles. The molecule has 3 aromatic rings. The molecule has 0 radical (unpaired) electrons. The first-order valence-electron chi connectivity index (χ1n) is 9.93. The SMILES string of the molecule is CCOc1ccccc1[C@H]1Oc2ccc(Cl)cc2[C@@H]2CC(c3ccc(F)cc3)=NN12. The van der Waals surface area contributed by atoms with E-state index in [1.807, 2.05) is 54.4 Å². The summed E-state index contributed by atoms with van der Waals surface area (Å²) in [6, 6.07) is 19.9. The van der Waals surface area contributed by atoms with E-state index in [1.165, 1.54) is 12.1 Å². The molecule has 2 aliphatic rings. The van der Waals surface area contributed by atoms with E-state index < -0.39 is 6.23 Å². The van der Waals surface area contributed by atoms with E-state index in [4.69, 9.17) is 26.2 Å². The summed E-state index contributed by atoms with van der Waals surface area (Å²) in [5, 5.41) is 7.52. The largest absolute Gasteiger partial charge is 0.493 e. The molecule has 4 nitrogen and oxygen atoms in total. The molecule has 0 amide bonds. The van der Waals surface area contributed by atoms with Crippen LogP contribution in [0.15, 0.2) is 71.8 Å². The first-order valence-corrected chi connectivity index (χ1v) is 10.3. The highest BCUT2D eigenvalue weighted by Gasteiger charge is 2.42. The molecule has 0 bridgehead atoms. The van der Waals surface area contributed by atoms with Crippen molar-refractivity contribution >= 4 is 17.3 Å². The van der Waals surface area contributed by atoms with Crippen LogP contribution in [0.1, 0.15) is 42.3 Å². The van der Waals surface area contributed by atoms with Gasteiger partial charge in [-0.1, -0.05) is 35.9 Å². The fourth-order valence-corrected chi connectivity index (χ4v) is 4.23. The maximum Gasteiger partial charge on any atom is 0.217 e. The lowest BCUT2D eigenvalue weighted by atomic mass is 9.96. The molecule has 3 aromatic carbocycles. The summed E-state index contributed by atoms with van der Waals surface area (Å²) in [6.07, 6.45) is 0.236. The Morgan fingerprint density at radius 2 is 1.90 bits per heavy atom. The highest BCUT2D eigenvalue weighted by Crippen LogP contribution is 2.49. The third kappa shape index (κ3) is 3.29. The van der Waals surface area contributed by atoms with Gasteiger partial charge in [-0.25, -0.2) is 9.40 Å². The molecule has 0 fully saturated rings. The summed E-state index contributed by atoms with van der Waals surface area (Å²) in [7, 11) is 0. The monoisotopic (exact) mass is 422 g/mol. The molecule has 0 saturated carbocycles. The van der Waals surface area contributed by atoms with Gasteiger partial charge in [-0.05, 0) is 55.0 Å². The van der Waals surface area contributed by atoms with E-state index in [0.717, 1.165) is 33.9 Å². The molecule has 2 atom stereocenters. The molecule has 6 heteroatoms. The predicted octanol–water partition coefficient (Wildman–Crippen LogP) is 6.12. The van der Waals surface area contributed by atoms with Gasteiger partial charge in [-0.2, -0.15) is 5.10 Å². The average Bonchev–Trinajstić information content (AvgIpc) is 3.20. The number of rotatable bonds is 4. The molecule has 0 saturated heterocycles. The Morgan fingerprint density at radius 3 is 2.70 bits per heavy atom. The minimum atomic E-state index is -0.440. The van der Waals surface area contributed by atoms with Crippen molar-refractivity contribution in [3.63, 3.8) is 0 Å². The summed E-state index contributed by atoms with van der Waals surface area (Å²) >= 11 is 6.28. The standard InChI is InChI=1S/C24H20ClFN2O2/c1-2-29-22-6-4-3-5-18(22)24-28-21(19-13-16(25)9-12-23(19)30-24)14-20(27-28)15-7-10-17(26)11-8-15/h3-13,21,24H,2,14H2,1H3/t21-,24+/m0/s1. The maximum absolute atomic E-state index is 13.4. The van der Waals surface area contributed by atoms with Gasteiger partial charge in [0.05, 0.1) is 23.9 Å². The molecule has 0 N–H and O–H groups in total. The van der Waals surface area contributed by atoms with Gasteiger partial charge in [0, 0.05) is 17.0 Å². The summed E-state index contributed by atoms with van der Waals surface area (Å²) in [4.78, 5) is 0. The number of hydrazone groups is 1. The maximum atomic E-state index is 13.4. The smallest absolute Gasteiger partial charge is 0.217 e. The third-order valence-corrected chi connectivity index (χ3v) is 5.65. The van der Waals surface area contributed by atoms with Gasteiger partial charge in [0.25, 0.3) is 0 Å². The van der Waals surface area contributed by atoms with Crippen molar-refractivity contribution in [1.82, 2.24) is 5.01 Å². The number of hydrogen-bond acceptors (Lipinski definition) is 4. The highest BCUT2D eigenvalue weighted by atomic mass is 35.5. The molecule has 152 valence electrons. The number of halogens is 2. The van der Waals surface area contributed by atoms with E-state index in [9.17, 15) is 4.39 Å². The first-order chi connectivity index (χ1) is 14.6. The van der Waals surface area contributed by atoms with Crippen LogP contribution in [0.2, 0.25) is 5.02 Å². The van der Waals surface area contributed by atoms with Crippen molar-refractivity contribution in [3.8, 4) is 11.5 Å². The summed E-state index contributed by atoms with van der Waals surface area (Å²) in [5.41, 5.74) is 3.68. The van der Waals surface area contributed by atoms with E-state index in [0.29, 0.717) is 18.1 Å². The normalized spacial score (nSPS) is 19.6. The summed E-state index contributed by atoms with van der Waals surface area (Å²) in [5.74, 6) is 1.29. The van der Waals surface area contributed by atoms with Crippen LogP contribution < -0.4 is 9.47 Å². The lowest BCUT2D eigenvalue weighted by Crippen LogP contribution is -2.34. The lowest BCUT2D eigenvalue weighted by molar-refractivity contribution is -0.0205. The van der Waals surface area contributed by atoms with Crippen molar-refractivity contribution in [1.29, 1.82) is 0 Å². The molecule has 0 aromatic heterocycles. The Kier molecular flexibility index (Phi) is 4.83. The Labute approximate surface area is 179 Å². The van der Waals surface area contributed by atoms with E-state index in [2.05, 4.69) is 0 Å². The molecular formula is C24H20ClFN2O2. The van der Waals surface area contributed by atoms with Crippen LogP contribution in [0.25, 0.3) is 0 Å². The number of hydrogen-bond donors (Lipinski definition) is 0. The van der Waals surface area contributed by atoms with Crippen molar-refractivity contribution in [3.05, 3.63) is 94.3 Å². The predicted molar refractivity (Wildman–Crippen MR) is 115 cm³/mol. The second-order valence-electron chi connectivity index (χ2n) is 7.28. The van der Waals surface area contributed by atoms with Crippen molar-refractivity contribution in [2.24, 2.45) is 5.10 Å². The van der Waals surface area contributed by atoms with Gasteiger partial charge in [-0.15, -0.1) is 0 Å². The fourth-order valence-electron chi connectivity index (χ4n) is 4.05. The molecule has 2 heterocycles. The van der Waals surface area contributed by atoms with E-state index >= 15 is 0 Å². The Bertz CT molecular complexity index is 1120. The molecular weight excluding hydrogens is 403 g/mol. The van der Waals surface area contributed by atoms with Crippen molar-refractivity contribution in [2.45, 2.75) is 25.6 Å². The van der Waals surface area contributed by atoms with Crippen molar-refractivity contribution in [2.75, 3.05) is 6.61 Å². The van der Waals surface area contributed by atoms with E-state index in [1.54, 1.807) is 12.1 Å². The van der Waals surface area contributed by atoms with Gasteiger partial charge < -0.3 is 9.47 Å². The van der Waals surface area contributed by atoms with Crippen LogP contribution >= 0.6 is 11.6 Å². The molecule has 5 rings (SSSR count). The van der Waals surface area contributed by atoms with E-state index in [-0.39, 0.29) is 11.9 Å². The van der Waals surface area contributed by atoms with Crippen LogP contribution in [0.3, 0.4) is 0 Å². The number of nitrogens with zero attached hydrogens (tertiary/aromatic N) is 2. The fraction of sp³-hybridized carbons (Fsp3) is 0.208. The van der Waals surface area contributed by atoms with Crippen LogP contribution in [0.5, 0.6) is 11.5 Å². The molecule has 2 aliphatic heterocycles. The first kappa shape index (κ1) is 18.9.